The highest BCUT2D eigenvalue weighted by atomic mass is 16.2. The molecule has 3 rings (SSSR count). The summed E-state index contributed by atoms with van der Waals surface area (Å²) in [6.07, 6.45) is 3.52. The Morgan fingerprint density at radius 1 is 1.20 bits per heavy atom. The van der Waals surface area contributed by atoms with Crippen LogP contribution >= 0.6 is 0 Å². The first kappa shape index (κ1) is 12.7. The monoisotopic (exact) mass is 267 g/mol. The van der Waals surface area contributed by atoms with E-state index in [1.165, 1.54) is 0 Å². The van der Waals surface area contributed by atoms with E-state index < -0.39 is 0 Å². The van der Waals surface area contributed by atoms with Gasteiger partial charge in [-0.25, -0.2) is 0 Å². The molecule has 1 amide bonds. The maximum Gasteiger partial charge on any atom is 0.230 e. The third kappa shape index (κ3) is 2.37. The molecular weight excluding hydrogens is 250 g/mol. The standard InChI is InChI=1S/C16H17N3O/c17-13-6-4-12(5-7-13)16(8-9-16)15(20)19-11-14-3-1-2-10-18-14/h1-7,10H,8-9,11,17H2,(H,19,20). The Kier molecular flexibility index (Phi) is 3.14. The van der Waals surface area contributed by atoms with Crippen molar-refractivity contribution in [3.63, 3.8) is 0 Å². The van der Waals surface area contributed by atoms with E-state index in [4.69, 9.17) is 5.73 Å². The summed E-state index contributed by atoms with van der Waals surface area (Å²) < 4.78 is 0. The van der Waals surface area contributed by atoms with Crippen molar-refractivity contribution in [3.05, 3.63) is 59.9 Å². The average molecular weight is 267 g/mol. The molecule has 1 saturated carbocycles. The first-order valence-electron chi connectivity index (χ1n) is 6.75. The average Bonchev–Trinajstić information content (AvgIpc) is 3.28. The molecule has 20 heavy (non-hydrogen) atoms. The minimum atomic E-state index is -0.359. The Labute approximate surface area is 118 Å². The number of benzene rings is 1. The van der Waals surface area contributed by atoms with Gasteiger partial charge in [0.15, 0.2) is 0 Å². The van der Waals surface area contributed by atoms with Crippen molar-refractivity contribution >= 4 is 11.6 Å². The molecule has 0 bridgehead atoms. The summed E-state index contributed by atoms with van der Waals surface area (Å²) in [5.74, 6) is 0.0768. The van der Waals surface area contributed by atoms with Crippen LogP contribution in [0, 0.1) is 0 Å². The second-order valence-corrected chi connectivity index (χ2v) is 5.21. The van der Waals surface area contributed by atoms with Crippen molar-refractivity contribution in [2.75, 3.05) is 5.73 Å². The van der Waals surface area contributed by atoms with Crippen LogP contribution < -0.4 is 11.1 Å². The number of carbonyl (C=O) groups excluding carboxylic acids is 1. The number of amides is 1. The molecule has 102 valence electrons. The van der Waals surface area contributed by atoms with Gasteiger partial charge in [-0.15, -0.1) is 0 Å². The lowest BCUT2D eigenvalue weighted by Gasteiger charge is -2.15. The first-order chi connectivity index (χ1) is 9.71. The normalized spacial score (nSPS) is 15.6. The summed E-state index contributed by atoms with van der Waals surface area (Å²) in [4.78, 5) is 16.6. The van der Waals surface area contributed by atoms with Crippen LogP contribution in [0.3, 0.4) is 0 Å². The van der Waals surface area contributed by atoms with E-state index in [1.807, 2.05) is 42.5 Å². The fraction of sp³-hybridized carbons (Fsp3) is 0.250. The summed E-state index contributed by atoms with van der Waals surface area (Å²) >= 11 is 0. The lowest BCUT2D eigenvalue weighted by molar-refractivity contribution is -0.123. The van der Waals surface area contributed by atoms with Crippen molar-refractivity contribution in [1.82, 2.24) is 10.3 Å². The van der Waals surface area contributed by atoms with Gasteiger partial charge in [0.25, 0.3) is 0 Å². The van der Waals surface area contributed by atoms with E-state index in [1.54, 1.807) is 6.20 Å². The maximum absolute atomic E-state index is 12.4. The van der Waals surface area contributed by atoms with Crippen LogP contribution in [0.1, 0.15) is 24.1 Å². The SMILES string of the molecule is Nc1ccc(C2(C(=O)NCc3ccccn3)CC2)cc1. The molecule has 1 aliphatic carbocycles. The zero-order chi connectivity index (χ0) is 14.0. The fourth-order valence-corrected chi connectivity index (χ4v) is 2.42. The number of nitrogens with one attached hydrogen (secondary N) is 1. The number of nitrogens with two attached hydrogens (primary N) is 1. The van der Waals surface area contributed by atoms with E-state index in [-0.39, 0.29) is 11.3 Å². The lowest BCUT2D eigenvalue weighted by Crippen LogP contribution is -2.34. The van der Waals surface area contributed by atoms with Gasteiger partial charge < -0.3 is 11.1 Å². The third-order valence-electron chi connectivity index (χ3n) is 3.80. The van der Waals surface area contributed by atoms with Crippen LogP contribution in [-0.2, 0) is 16.8 Å². The molecule has 1 aromatic heterocycles. The van der Waals surface area contributed by atoms with Gasteiger partial charge in [-0.3, -0.25) is 9.78 Å². The second kappa shape index (κ2) is 4.96. The number of anilines is 1. The molecule has 2 aromatic rings. The quantitative estimate of drug-likeness (QED) is 0.833. The van der Waals surface area contributed by atoms with E-state index in [0.29, 0.717) is 6.54 Å². The maximum atomic E-state index is 12.4. The molecule has 0 saturated heterocycles. The second-order valence-electron chi connectivity index (χ2n) is 5.21. The van der Waals surface area contributed by atoms with Gasteiger partial charge in [-0.1, -0.05) is 18.2 Å². The van der Waals surface area contributed by atoms with Crippen LogP contribution in [0.25, 0.3) is 0 Å². The molecule has 0 atom stereocenters. The molecule has 0 spiro atoms. The summed E-state index contributed by atoms with van der Waals surface area (Å²) in [5.41, 5.74) is 7.97. The fourth-order valence-electron chi connectivity index (χ4n) is 2.42. The van der Waals surface area contributed by atoms with Crippen LogP contribution in [0.2, 0.25) is 0 Å². The first-order valence-corrected chi connectivity index (χ1v) is 6.75. The van der Waals surface area contributed by atoms with E-state index in [9.17, 15) is 4.79 Å². The van der Waals surface area contributed by atoms with E-state index in [2.05, 4.69) is 10.3 Å². The molecule has 1 heterocycles. The topological polar surface area (TPSA) is 68.0 Å². The summed E-state index contributed by atoms with van der Waals surface area (Å²) in [6, 6.07) is 13.3. The number of nitrogens with zero attached hydrogens (tertiary/aromatic N) is 1. The van der Waals surface area contributed by atoms with Crippen molar-refractivity contribution in [2.45, 2.75) is 24.8 Å². The number of carbonyl (C=O) groups is 1. The van der Waals surface area contributed by atoms with Gasteiger partial charge in [-0.2, -0.15) is 0 Å². The minimum Gasteiger partial charge on any atom is -0.399 e. The van der Waals surface area contributed by atoms with Gasteiger partial charge in [-0.05, 0) is 42.7 Å². The molecule has 1 fully saturated rings. The van der Waals surface area contributed by atoms with Crippen LogP contribution in [-0.4, -0.2) is 10.9 Å². The van der Waals surface area contributed by atoms with Crippen molar-refractivity contribution in [1.29, 1.82) is 0 Å². The van der Waals surface area contributed by atoms with Crippen LogP contribution in [0.5, 0.6) is 0 Å². The van der Waals surface area contributed by atoms with Crippen LogP contribution in [0.4, 0.5) is 5.69 Å². The Morgan fingerprint density at radius 3 is 2.55 bits per heavy atom. The highest BCUT2D eigenvalue weighted by molar-refractivity contribution is 5.91. The Morgan fingerprint density at radius 2 is 1.95 bits per heavy atom. The number of hydrogen-bond acceptors (Lipinski definition) is 3. The Balaban J connectivity index is 1.69. The van der Waals surface area contributed by atoms with E-state index >= 15 is 0 Å². The van der Waals surface area contributed by atoms with Gasteiger partial charge in [0.1, 0.15) is 0 Å². The van der Waals surface area contributed by atoms with Gasteiger partial charge in [0.2, 0.25) is 5.91 Å². The van der Waals surface area contributed by atoms with Crippen molar-refractivity contribution < 1.29 is 4.79 Å². The number of pyridine rings is 1. The number of nitrogen functional groups attached to an aromatic ring is 1. The largest absolute Gasteiger partial charge is 0.399 e. The molecule has 3 N–H and O–H groups in total. The number of hydrogen-bond donors (Lipinski definition) is 2. The Bertz CT molecular complexity index is 603. The molecule has 1 aliphatic rings. The van der Waals surface area contributed by atoms with E-state index in [0.717, 1.165) is 29.8 Å². The predicted molar refractivity (Wildman–Crippen MR) is 77.9 cm³/mol. The minimum absolute atomic E-state index is 0.0768. The molecule has 0 unspecified atom stereocenters. The summed E-state index contributed by atoms with van der Waals surface area (Å²) in [5, 5.41) is 2.98. The molecule has 0 aliphatic heterocycles. The smallest absolute Gasteiger partial charge is 0.230 e. The molecule has 4 heteroatoms. The van der Waals surface area contributed by atoms with Gasteiger partial charge in [0.05, 0.1) is 17.7 Å². The Hall–Kier alpha value is -2.36. The van der Waals surface area contributed by atoms with Gasteiger partial charge >= 0.3 is 0 Å². The summed E-state index contributed by atoms with van der Waals surface area (Å²) in [6.45, 7) is 0.469. The summed E-state index contributed by atoms with van der Waals surface area (Å²) in [7, 11) is 0. The highest BCUT2D eigenvalue weighted by Gasteiger charge is 2.50. The zero-order valence-electron chi connectivity index (χ0n) is 11.2. The number of rotatable bonds is 4. The zero-order valence-corrected chi connectivity index (χ0v) is 11.2. The highest BCUT2D eigenvalue weighted by Crippen LogP contribution is 2.48. The molecular formula is C16H17N3O. The van der Waals surface area contributed by atoms with Crippen molar-refractivity contribution in [2.24, 2.45) is 0 Å². The van der Waals surface area contributed by atoms with Crippen LogP contribution in [0.15, 0.2) is 48.7 Å². The molecule has 4 nitrogen and oxygen atoms in total. The molecule has 1 aromatic carbocycles. The van der Waals surface area contributed by atoms with Gasteiger partial charge in [0, 0.05) is 11.9 Å². The predicted octanol–water partition coefficient (Wildman–Crippen LogP) is 2.01. The lowest BCUT2D eigenvalue weighted by atomic mass is 9.95. The van der Waals surface area contributed by atoms with Crippen molar-refractivity contribution in [3.8, 4) is 0 Å². The molecule has 0 radical (unpaired) electrons. The number of aromatic nitrogens is 1. The third-order valence-corrected chi connectivity index (χ3v) is 3.80.